The number of carbonyl (C=O) groups excluding carboxylic acids is 3. The van der Waals surface area contributed by atoms with E-state index in [1.54, 1.807) is 12.1 Å². The van der Waals surface area contributed by atoms with Crippen LogP contribution in [0.15, 0.2) is 36.4 Å². The van der Waals surface area contributed by atoms with Crippen molar-refractivity contribution < 1.29 is 14.4 Å². The third-order valence-electron chi connectivity index (χ3n) is 5.35. The lowest BCUT2D eigenvalue weighted by molar-refractivity contribution is 0.0935. The SMILES string of the molecule is CCNC(=O)Nc1cc(C(=O)NCC(C)(C)C)ccc1-c1cc(C(=O)NC2CC2)ccc1C. The van der Waals surface area contributed by atoms with E-state index in [-0.39, 0.29) is 29.3 Å². The first-order valence-electron chi connectivity index (χ1n) is 11.5. The summed E-state index contributed by atoms with van der Waals surface area (Å²) in [5, 5.41) is 11.5. The van der Waals surface area contributed by atoms with Crippen molar-refractivity contribution in [2.45, 2.75) is 53.5 Å². The van der Waals surface area contributed by atoms with E-state index in [9.17, 15) is 14.4 Å². The molecule has 0 bridgehead atoms. The van der Waals surface area contributed by atoms with E-state index >= 15 is 0 Å². The number of rotatable bonds is 7. The van der Waals surface area contributed by atoms with Gasteiger partial charge in [-0.2, -0.15) is 0 Å². The molecule has 0 heterocycles. The van der Waals surface area contributed by atoms with Crippen LogP contribution in [-0.4, -0.2) is 37.0 Å². The molecule has 2 aromatic rings. The molecule has 0 radical (unpaired) electrons. The molecule has 2 aromatic carbocycles. The summed E-state index contributed by atoms with van der Waals surface area (Å²) >= 11 is 0. The topological polar surface area (TPSA) is 99.3 Å². The lowest BCUT2D eigenvalue weighted by Crippen LogP contribution is -2.32. The molecule has 7 nitrogen and oxygen atoms in total. The maximum Gasteiger partial charge on any atom is 0.319 e. The van der Waals surface area contributed by atoms with Gasteiger partial charge in [0.25, 0.3) is 11.8 Å². The quantitative estimate of drug-likeness (QED) is 0.501. The average molecular weight is 451 g/mol. The summed E-state index contributed by atoms with van der Waals surface area (Å²) in [6, 6.07) is 10.7. The molecule has 1 aliphatic rings. The summed E-state index contributed by atoms with van der Waals surface area (Å²) < 4.78 is 0. The maximum absolute atomic E-state index is 12.7. The fourth-order valence-corrected chi connectivity index (χ4v) is 3.35. The predicted molar refractivity (Wildman–Crippen MR) is 132 cm³/mol. The Balaban J connectivity index is 1.96. The zero-order chi connectivity index (χ0) is 24.2. The molecular formula is C26H34N4O3. The molecule has 7 heteroatoms. The first-order chi connectivity index (χ1) is 15.6. The number of benzene rings is 2. The number of hydrogen-bond acceptors (Lipinski definition) is 3. The van der Waals surface area contributed by atoms with E-state index in [2.05, 4.69) is 21.3 Å². The lowest BCUT2D eigenvalue weighted by Gasteiger charge is -2.19. The van der Waals surface area contributed by atoms with Crippen LogP contribution in [0.3, 0.4) is 0 Å². The summed E-state index contributed by atoms with van der Waals surface area (Å²) in [7, 11) is 0. The minimum absolute atomic E-state index is 0.0454. The van der Waals surface area contributed by atoms with Crippen LogP contribution in [0.1, 0.15) is 66.8 Å². The number of anilines is 1. The number of hydrogen-bond donors (Lipinski definition) is 4. The third-order valence-corrected chi connectivity index (χ3v) is 5.35. The molecule has 33 heavy (non-hydrogen) atoms. The number of amides is 4. The van der Waals surface area contributed by atoms with Crippen molar-refractivity contribution in [3.8, 4) is 11.1 Å². The molecule has 0 aliphatic heterocycles. The highest BCUT2D eigenvalue weighted by Crippen LogP contribution is 2.33. The Hall–Kier alpha value is -3.35. The van der Waals surface area contributed by atoms with Gasteiger partial charge in [-0.1, -0.05) is 32.9 Å². The fraction of sp³-hybridized carbons (Fsp3) is 0.423. The Kier molecular flexibility index (Phi) is 7.41. The lowest BCUT2D eigenvalue weighted by atomic mass is 9.94. The molecule has 0 atom stereocenters. The summed E-state index contributed by atoms with van der Waals surface area (Å²) in [6.45, 7) is 10.9. The van der Waals surface area contributed by atoms with Crippen LogP contribution >= 0.6 is 0 Å². The normalized spacial score (nSPS) is 13.2. The third kappa shape index (κ3) is 6.81. The highest BCUT2D eigenvalue weighted by Gasteiger charge is 2.24. The largest absolute Gasteiger partial charge is 0.352 e. The van der Waals surface area contributed by atoms with Gasteiger partial charge in [-0.3, -0.25) is 9.59 Å². The molecule has 3 rings (SSSR count). The Labute approximate surface area is 195 Å². The van der Waals surface area contributed by atoms with Gasteiger partial charge >= 0.3 is 6.03 Å². The Bertz CT molecular complexity index is 1050. The highest BCUT2D eigenvalue weighted by atomic mass is 16.2. The second kappa shape index (κ2) is 10.1. The molecule has 176 valence electrons. The van der Waals surface area contributed by atoms with Gasteiger partial charge in [0, 0.05) is 35.8 Å². The smallest absolute Gasteiger partial charge is 0.319 e. The standard InChI is InChI=1S/C26H34N4O3/c1-6-27-25(33)30-22-14-18(23(31)28-15-26(3,4)5)9-12-20(22)21-13-17(8-7-16(21)2)24(32)29-19-10-11-19/h7-9,12-14,19H,6,10-11,15H2,1-5H3,(H,28,31)(H,29,32)(H2,27,30,33). The van der Waals surface area contributed by atoms with Gasteiger partial charge in [0.1, 0.15) is 0 Å². The van der Waals surface area contributed by atoms with Crippen LogP contribution in [0.4, 0.5) is 10.5 Å². The maximum atomic E-state index is 12.7. The summed E-state index contributed by atoms with van der Waals surface area (Å²) in [5.41, 5.74) is 4.01. The number of carbonyl (C=O) groups is 3. The predicted octanol–water partition coefficient (Wildman–Crippen LogP) is 4.47. The minimum atomic E-state index is -0.355. The first-order valence-corrected chi connectivity index (χ1v) is 11.5. The number of nitrogens with one attached hydrogen (secondary N) is 4. The van der Waals surface area contributed by atoms with E-state index in [0.717, 1.165) is 29.5 Å². The van der Waals surface area contributed by atoms with Crippen LogP contribution < -0.4 is 21.3 Å². The zero-order valence-electron chi connectivity index (χ0n) is 20.1. The van der Waals surface area contributed by atoms with Crippen LogP contribution in [0.5, 0.6) is 0 Å². The Morgan fingerprint density at radius 3 is 2.21 bits per heavy atom. The van der Waals surface area contributed by atoms with Crippen LogP contribution in [0.25, 0.3) is 11.1 Å². The molecular weight excluding hydrogens is 416 g/mol. The molecule has 1 fully saturated rings. The summed E-state index contributed by atoms with van der Waals surface area (Å²) in [6.07, 6.45) is 2.04. The molecule has 0 unspecified atom stereocenters. The minimum Gasteiger partial charge on any atom is -0.352 e. The van der Waals surface area contributed by atoms with Gasteiger partial charge in [-0.15, -0.1) is 0 Å². The van der Waals surface area contributed by atoms with Crippen molar-refractivity contribution in [3.63, 3.8) is 0 Å². The van der Waals surface area contributed by atoms with Gasteiger partial charge in [0.15, 0.2) is 0 Å². The molecule has 0 aromatic heterocycles. The van der Waals surface area contributed by atoms with E-state index in [1.807, 2.05) is 58.9 Å². The van der Waals surface area contributed by atoms with Crippen molar-refractivity contribution >= 4 is 23.5 Å². The van der Waals surface area contributed by atoms with Crippen LogP contribution in [0, 0.1) is 12.3 Å². The van der Waals surface area contributed by atoms with Crippen molar-refractivity contribution in [1.82, 2.24) is 16.0 Å². The van der Waals surface area contributed by atoms with Crippen LogP contribution in [0.2, 0.25) is 0 Å². The molecule has 4 N–H and O–H groups in total. The molecule has 0 saturated heterocycles. The summed E-state index contributed by atoms with van der Waals surface area (Å²) in [4.78, 5) is 37.7. The van der Waals surface area contributed by atoms with Gasteiger partial charge in [0.05, 0.1) is 5.69 Å². The van der Waals surface area contributed by atoms with Gasteiger partial charge in [0.2, 0.25) is 0 Å². The molecule has 0 spiro atoms. The second-order valence-electron chi connectivity index (χ2n) is 9.77. The highest BCUT2D eigenvalue weighted by molar-refractivity contribution is 6.01. The molecule has 4 amide bonds. The second-order valence-corrected chi connectivity index (χ2v) is 9.77. The van der Waals surface area contributed by atoms with E-state index in [1.165, 1.54) is 0 Å². The number of aryl methyl sites for hydroxylation is 1. The fourth-order valence-electron chi connectivity index (χ4n) is 3.35. The molecule has 1 saturated carbocycles. The van der Waals surface area contributed by atoms with Crippen LogP contribution in [-0.2, 0) is 0 Å². The zero-order valence-corrected chi connectivity index (χ0v) is 20.1. The van der Waals surface area contributed by atoms with E-state index in [4.69, 9.17) is 0 Å². The van der Waals surface area contributed by atoms with Crippen molar-refractivity contribution in [3.05, 3.63) is 53.1 Å². The van der Waals surface area contributed by atoms with Gasteiger partial charge in [-0.25, -0.2) is 4.79 Å². The first kappa shape index (κ1) is 24.3. The Morgan fingerprint density at radius 1 is 0.909 bits per heavy atom. The molecule has 1 aliphatic carbocycles. The van der Waals surface area contributed by atoms with E-state index < -0.39 is 0 Å². The number of urea groups is 1. The van der Waals surface area contributed by atoms with E-state index in [0.29, 0.717) is 29.9 Å². The van der Waals surface area contributed by atoms with Gasteiger partial charge < -0.3 is 21.3 Å². The van der Waals surface area contributed by atoms with Crippen molar-refractivity contribution in [2.24, 2.45) is 5.41 Å². The van der Waals surface area contributed by atoms with Crippen molar-refractivity contribution in [1.29, 1.82) is 0 Å². The van der Waals surface area contributed by atoms with Gasteiger partial charge in [-0.05, 0) is 67.5 Å². The average Bonchev–Trinajstić information content (AvgIpc) is 3.56. The van der Waals surface area contributed by atoms with Crippen molar-refractivity contribution in [2.75, 3.05) is 18.4 Å². The monoisotopic (exact) mass is 450 g/mol. The summed E-state index contributed by atoms with van der Waals surface area (Å²) in [5.74, 6) is -0.306. The Morgan fingerprint density at radius 2 is 1.58 bits per heavy atom.